The number of halogens is 1. The molecule has 0 aliphatic carbocycles. The first-order valence-electron chi connectivity index (χ1n) is 7.25. The minimum atomic E-state index is -3.58. The molecule has 1 aromatic heterocycles. The molecule has 0 aliphatic heterocycles. The molecule has 2 rings (SSSR count). The molecule has 126 valence electrons. The standard InChI is InChI=1S/C16H21FN2O2S2/c1-13-7-8-16(22-13)23(20,21)19(10-9-18(2)3)12-14-5-4-6-15(17)11-14/h4-8,11H,9-10,12H2,1-3H3. The molecular formula is C16H21FN2O2S2. The molecule has 23 heavy (non-hydrogen) atoms. The number of hydrogen-bond donors (Lipinski definition) is 0. The normalized spacial score (nSPS) is 12.3. The maximum absolute atomic E-state index is 13.4. The quantitative estimate of drug-likeness (QED) is 0.766. The molecule has 0 radical (unpaired) electrons. The minimum absolute atomic E-state index is 0.158. The van der Waals surface area contributed by atoms with E-state index in [0.717, 1.165) is 4.88 Å². The van der Waals surface area contributed by atoms with E-state index >= 15 is 0 Å². The SMILES string of the molecule is Cc1ccc(S(=O)(=O)N(CCN(C)C)Cc2cccc(F)c2)s1. The molecule has 0 unspecified atom stereocenters. The Hall–Kier alpha value is -1.28. The van der Waals surface area contributed by atoms with Crippen LogP contribution in [0.25, 0.3) is 0 Å². The molecule has 1 aromatic carbocycles. The van der Waals surface area contributed by atoms with Crippen molar-refractivity contribution in [2.45, 2.75) is 17.7 Å². The Balaban J connectivity index is 2.29. The summed E-state index contributed by atoms with van der Waals surface area (Å²) in [6.07, 6.45) is 0. The van der Waals surface area contributed by atoms with Crippen LogP contribution >= 0.6 is 11.3 Å². The van der Waals surface area contributed by atoms with Gasteiger partial charge < -0.3 is 4.90 Å². The Kier molecular flexibility index (Phi) is 5.91. The molecule has 0 aliphatic rings. The van der Waals surface area contributed by atoms with E-state index in [0.29, 0.717) is 22.9 Å². The minimum Gasteiger partial charge on any atom is -0.308 e. The molecule has 0 saturated heterocycles. The van der Waals surface area contributed by atoms with E-state index < -0.39 is 10.0 Å². The van der Waals surface area contributed by atoms with Gasteiger partial charge in [0.15, 0.2) is 0 Å². The number of hydrogen-bond acceptors (Lipinski definition) is 4. The highest BCUT2D eigenvalue weighted by Gasteiger charge is 2.26. The summed E-state index contributed by atoms with van der Waals surface area (Å²) in [5, 5.41) is 0. The first-order valence-corrected chi connectivity index (χ1v) is 9.50. The van der Waals surface area contributed by atoms with E-state index in [1.165, 1.54) is 27.8 Å². The third-order valence-electron chi connectivity index (χ3n) is 3.35. The average Bonchev–Trinajstić information content (AvgIpc) is 2.90. The third-order valence-corrected chi connectivity index (χ3v) is 6.67. The number of sulfonamides is 1. The summed E-state index contributed by atoms with van der Waals surface area (Å²) in [7, 11) is 0.198. The van der Waals surface area contributed by atoms with Crippen LogP contribution in [0.5, 0.6) is 0 Å². The van der Waals surface area contributed by atoms with Crippen LogP contribution in [0.2, 0.25) is 0 Å². The number of nitrogens with zero attached hydrogens (tertiary/aromatic N) is 2. The van der Waals surface area contributed by atoms with Gasteiger partial charge in [0.1, 0.15) is 10.0 Å². The zero-order valence-corrected chi connectivity index (χ0v) is 15.1. The molecule has 7 heteroatoms. The summed E-state index contributed by atoms with van der Waals surface area (Å²) in [6.45, 7) is 2.98. The second kappa shape index (κ2) is 7.53. The highest BCUT2D eigenvalue weighted by Crippen LogP contribution is 2.25. The second-order valence-corrected chi connectivity index (χ2v) is 9.09. The molecule has 4 nitrogen and oxygen atoms in total. The Morgan fingerprint density at radius 3 is 2.43 bits per heavy atom. The van der Waals surface area contributed by atoms with Gasteiger partial charge in [0.05, 0.1) is 0 Å². The fraction of sp³-hybridized carbons (Fsp3) is 0.375. The van der Waals surface area contributed by atoms with Gasteiger partial charge >= 0.3 is 0 Å². The predicted molar refractivity (Wildman–Crippen MR) is 91.6 cm³/mol. The predicted octanol–water partition coefficient (Wildman–Crippen LogP) is 2.95. The number of thiophene rings is 1. The van der Waals surface area contributed by atoms with Gasteiger partial charge in [0.25, 0.3) is 10.0 Å². The van der Waals surface area contributed by atoms with Crippen LogP contribution in [-0.2, 0) is 16.6 Å². The lowest BCUT2D eigenvalue weighted by Gasteiger charge is -2.23. The van der Waals surface area contributed by atoms with Crippen molar-refractivity contribution >= 4 is 21.4 Å². The van der Waals surface area contributed by atoms with Crippen LogP contribution in [0.3, 0.4) is 0 Å². The maximum Gasteiger partial charge on any atom is 0.252 e. The van der Waals surface area contributed by atoms with E-state index in [9.17, 15) is 12.8 Å². The van der Waals surface area contributed by atoms with Crippen molar-refractivity contribution in [3.63, 3.8) is 0 Å². The van der Waals surface area contributed by atoms with Gasteiger partial charge in [-0.1, -0.05) is 12.1 Å². The average molecular weight is 356 g/mol. The summed E-state index contributed by atoms with van der Waals surface area (Å²) in [5.74, 6) is -0.362. The van der Waals surface area contributed by atoms with E-state index in [1.807, 2.05) is 25.9 Å². The van der Waals surface area contributed by atoms with Crippen molar-refractivity contribution in [3.8, 4) is 0 Å². The molecule has 0 spiro atoms. The smallest absolute Gasteiger partial charge is 0.252 e. The summed E-state index contributed by atoms with van der Waals surface area (Å²) >= 11 is 1.25. The monoisotopic (exact) mass is 356 g/mol. The first kappa shape index (κ1) is 18.1. The van der Waals surface area contributed by atoms with Gasteiger partial charge in [0.2, 0.25) is 0 Å². The van der Waals surface area contributed by atoms with Crippen LogP contribution in [0.4, 0.5) is 4.39 Å². The van der Waals surface area contributed by atoms with Gasteiger partial charge in [-0.25, -0.2) is 12.8 Å². The van der Waals surface area contributed by atoms with Crippen LogP contribution < -0.4 is 0 Å². The van der Waals surface area contributed by atoms with Crippen LogP contribution in [0, 0.1) is 12.7 Å². The van der Waals surface area contributed by atoms with E-state index in [1.54, 1.807) is 24.3 Å². The van der Waals surface area contributed by atoms with Gasteiger partial charge in [-0.15, -0.1) is 11.3 Å². The Morgan fingerprint density at radius 1 is 1.13 bits per heavy atom. The number of likely N-dealkylation sites (N-methyl/N-ethyl adjacent to an activating group) is 1. The lowest BCUT2D eigenvalue weighted by atomic mass is 10.2. The van der Waals surface area contributed by atoms with Crippen molar-refractivity contribution in [1.29, 1.82) is 0 Å². The summed E-state index contributed by atoms with van der Waals surface area (Å²) in [4.78, 5) is 2.87. The van der Waals surface area contributed by atoms with Gasteiger partial charge in [0, 0.05) is 24.5 Å². The zero-order valence-electron chi connectivity index (χ0n) is 13.5. The van der Waals surface area contributed by atoms with E-state index in [4.69, 9.17) is 0 Å². The van der Waals surface area contributed by atoms with Crippen LogP contribution in [0.15, 0.2) is 40.6 Å². The Morgan fingerprint density at radius 2 is 1.87 bits per heavy atom. The highest BCUT2D eigenvalue weighted by molar-refractivity contribution is 7.91. The van der Waals surface area contributed by atoms with E-state index in [2.05, 4.69) is 0 Å². The van der Waals surface area contributed by atoms with Crippen molar-refractivity contribution in [2.75, 3.05) is 27.2 Å². The molecule has 0 saturated carbocycles. The fourth-order valence-corrected chi connectivity index (χ4v) is 4.97. The molecule has 2 aromatic rings. The van der Waals surface area contributed by atoms with Crippen molar-refractivity contribution in [1.82, 2.24) is 9.21 Å². The largest absolute Gasteiger partial charge is 0.308 e. The first-order chi connectivity index (χ1) is 10.8. The molecule has 0 bridgehead atoms. The maximum atomic E-state index is 13.4. The number of rotatable bonds is 7. The highest BCUT2D eigenvalue weighted by atomic mass is 32.2. The zero-order chi connectivity index (χ0) is 17.0. The Labute approximate surface area is 141 Å². The second-order valence-electron chi connectivity index (χ2n) is 5.64. The topological polar surface area (TPSA) is 40.6 Å². The van der Waals surface area contributed by atoms with Crippen LogP contribution in [0.1, 0.15) is 10.4 Å². The number of aryl methyl sites for hydroxylation is 1. The molecule has 0 atom stereocenters. The van der Waals surface area contributed by atoms with Crippen LogP contribution in [-0.4, -0.2) is 44.8 Å². The number of benzene rings is 1. The summed E-state index contributed by atoms with van der Waals surface area (Å²) in [5.41, 5.74) is 0.639. The van der Waals surface area contributed by atoms with Gasteiger partial charge in [-0.3, -0.25) is 0 Å². The van der Waals surface area contributed by atoms with E-state index in [-0.39, 0.29) is 12.4 Å². The van der Waals surface area contributed by atoms with Crippen molar-refractivity contribution in [3.05, 3.63) is 52.7 Å². The summed E-state index contributed by atoms with van der Waals surface area (Å²) < 4.78 is 40.9. The molecule has 0 fully saturated rings. The molecule has 1 heterocycles. The molecule has 0 amide bonds. The van der Waals surface area contributed by atoms with Gasteiger partial charge in [-0.05, 0) is 50.8 Å². The Bertz CT molecular complexity index is 757. The lowest BCUT2D eigenvalue weighted by molar-refractivity contribution is 0.329. The summed E-state index contributed by atoms with van der Waals surface area (Å²) in [6, 6.07) is 9.48. The van der Waals surface area contributed by atoms with Gasteiger partial charge in [-0.2, -0.15) is 4.31 Å². The molecule has 0 N–H and O–H groups in total. The third kappa shape index (κ3) is 4.84. The van der Waals surface area contributed by atoms with Crippen molar-refractivity contribution in [2.24, 2.45) is 0 Å². The molecular weight excluding hydrogens is 335 g/mol. The van der Waals surface area contributed by atoms with Crippen molar-refractivity contribution < 1.29 is 12.8 Å². The fourth-order valence-electron chi connectivity index (χ4n) is 2.11. The lowest BCUT2D eigenvalue weighted by Crippen LogP contribution is -2.36.